The van der Waals surface area contributed by atoms with Crippen LogP contribution in [0.3, 0.4) is 0 Å². The van der Waals surface area contributed by atoms with E-state index in [9.17, 15) is 24.0 Å². The third-order valence-corrected chi connectivity index (χ3v) is 10.7. The van der Waals surface area contributed by atoms with Gasteiger partial charge in [0.05, 0.1) is 49.7 Å². The van der Waals surface area contributed by atoms with Gasteiger partial charge in [-0.15, -0.1) is 0 Å². The third-order valence-electron chi connectivity index (χ3n) is 10.7. The zero-order chi connectivity index (χ0) is 40.8. The van der Waals surface area contributed by atoms with Crippen LogP contribution in [-0.2, 0) is 33.3 Å². The number of carbonyl (C=O) groups excluding carboxylic acids is 5. The number of anilines is 1. The standard InChI is InChI=1S/C39H48N8O10/c1-21(53-3)31(42-38(51)55-5)36(49)46-17-7-9-28(46)34-40-20-27(41-34)24-13-11-23(12-14-24)25-15-16-30-26(19-25)33(45-57-30)44-35(48)29-10-8-18-47(29)37(50)32(22(2)54-4)43-39(52)56-6/h11-16,19-22,28-29,31-32H,7-10,17-18H2,1-6H3,(H,40,41)(H,42,51)(H,43,52)(H,44,45,48)/t21?,22?,28-,29-,31-,32-/m0/s1. The van der Waals surface area contributed by atoms with Crippen molar-refractivity contribution in [1.82, 2.24) is 35.6 Å². The van der Waals surface area contributed by atoms with Crippen molar-refractivity contribution in [3.05, 3.63) is 54.5 Å². The van der Waals surface area contributed by atoms with Gasteiger partial charge in [0.25, 0.3) is 0 Å². The first-order chi connectivity index (χ1) is 27.5. The highest BCUT2D eigenvalue weighted by molar-refractivity contribution is 6.04. The number of carbonyl (C=O) groups is 5. The third kappa shape index (κ3) is 8.71. The molecular weight excluding hydrogens is 740 g/mol. The Bertz CT molecular complexity index is 2080. The number of nitrogens with zero attached hydrogens (tertiary/aromatic N) is 4. The molecule has 4 N–H and O–H groups in total. The summed E-state index contributed by atoms with van der Waals surface area (Å²) in [6.07, 6.45) is 1.48. The topological polar surface area (TPSA) is 220 Å². The van der Waals surface area contributed by atoms with Crippen LogP contribution in [0.25, 0.3) is 33.4 Å². The second-order valence-corrected chi connectivity index (χ2v) is 14.0. The van der Waals surface area contributed by atoms with Crippen LogP contribution in [0, 0.1) is 0 Å². The lowest BCUT2D eigenvalue weighted by atomic mass is 10.0. The van der Waals surface area contributed by atoms with Crippen LogP contribution in [0.5, 0.6) is 0 Å². The number of H-pyrrole nitrogens is 1. The van der Waals surface area contributed by atoms with Gasteiger partial charge in [-0.3, -0.25) is 14.4 Å². The minimum absolute atomic E-state index is 0.218. The number of rotatable bonds is 13. The molecule has 18 nitrogen and oxygen atoms in total. The fraction of sp³-hybridized carbons (Fsp3) is 0.462. The largest absolute Gasteiger partial charge is 0.453 e. The predicted octanol–water partition coefficient (Wildman–Crippen LogP) is 4.00. The van der Waals surface area contributed by atoms with Crippen LogP contribution in [0.2, 0.25) is 0 Å². The minimum atomic E-state index is -1.05. The summed E-state index contributed by atoms with van der Waals surface area (Å²) < 4.78 is 25.7. The summed E-state index contributed by atoms with van der Waals surface area (Å²) in [6, 6.07) is 10.3. The first-order valence-electron chi connectivity index (χ1n) is 18.7. The van der Waals surface area contributed by atoms with Gasteiger partial charge in [0.2, 0.25) is 17.7 Å². The molecule has 304 valence electrons. The van der Waals surface area contributed by atoms with E-state index in [1.807, 2.05) is 36.4 Å². The number of amides is 5. The Morgan fingerprint density at radius 3 is 2.00 bits per heavy atom. The summed E-state index contributed by atoms with van der Waals surface area (Å²) in [5.74, 6) is -0.310. The van der Waals surface area contributed by atoms with E-state index in [1.165, 1.54) is 33.3 Å². The van der Waals surface area contributed by atoms with Crippen molar-refractivity contribution in [2.45, 2.75) is 75.9 Å². The van der Waals surface area contributed by atoms with Crippen LogP contribution < -0.4 is 16.0 Å². The van der Waals surface area contributed by atoms with Gasteiger partial charge in [-0.1, -0.05) is 35.5 Å². The average molecular weight is 789 g/mol. The van der Waals surface area contributed by atoms with E-state index in [2.05, 4.69) is 31.1 Å². The SMILES string of the molecule is COC(=O)N[C@H](C(=O)N1CCC[C@H]1C(=O)Nc1noc2ccc(-c3ccc(-c4cnc([C@@H]5CCCN5C(=O)[C@@H](NC(=O)OC)C(C)OC)[nH]4)cc3)cc12)C(C)OC. The number of benzene rings is 2. The first kappa shape index (κ1) is 40.6. The van der Waals surface area contributed by atoms with Gasteiger partial charge in [0.15, 0.2) is 11.4 Å². The molecule has 0 bridgehead atoms. The number of aromatic nitrogens is 3. The molecule has 2 aliphatic heterocycles. The van der Waals surface area contributed by atoms with E-state index in [4.69, 9.17) is 23.5 Å². The normalized spacial score (nSPS) is 18.8. The van der Waals surface area contributed by atoms with E-state index >= 15 is 0 Å². The molecule has 0 spiro atoms. The van der Waals surface area contributed by atoms with Crippen molar-refractivity contribution in [3.63, 3.8) is 0 Å². The number of imidazole rings is 1. The summed E-state index contributed by atoms with van der Waals surface area (Å²) in [4.78, 5) is 76.0. The summed E-state index contributed by atoms with van der Waals surface area (Å²) in [5, 5.41) is 12.7. The van der Waals surface area contributed by atoms with E-state index in [-0.39, 0.29) is 17.8 Å². The van der Waals surface area contributed by atoms with Gasteiger partial charge in [0, 0.05) is 27.3 Å². The lowest BCUT2D eigenvalue weighted by molar-refractivity contribution is -0.141. The zero-order valence-corrected chi connectivity index (χ0v) is 32.7. The number of alkyl carbamates (subject to hydrolysis) is 2. The number of methoxy groups -OCH3 is 4. The lowest BCUT2D eigenvalue weighted by Crippen LogP contribution is -2.56. The predicted molar refractivity (Wildman–Crippen MR) is 206 cm³/mol. The van der Waals surface area contributed by atoms with E-state index in [0.717, 1.165) is 28.8 Å². The highest BCUT2D eigenvalue weighted by atomic mass is 16.5. The van der Waals surface area contributed by atoms with E-state index in [0.29, 0.717) is 49.1 Å². The van der Waals surface area contributed by atoms with Gasteiger partial charge in [0.1, 0.15) is 23.9 Å². The number of likely N-dealkylation sites (tertiary alicyclic amines) is 2. The quantitative estimate of drug-likeness (QED) is 0.151. The summed E-state index contributed by atoms with van der Waals surface area (Å²) >= 11 is 0. The number of ether oxygens (including phenoxy) is 4. The van der Waals surface area contributed by atoms with Gasteiger partial charge < -0.3 is 54.2 Å². The molecule has 2 unspecified atom stereocenters. The van der Waals surface area contributed by atoms with Crippen LogP contribution in [0.1, 0.15) is 51.4 Å². The van der Waals surface area contributed by atoms with Crippen molar-refractivity contribution in [2.24, 2.45) is 0 Å². The van der Waals surface area contributed by atoms with Crippen LogP contribution in [0.4, 0.5) is 15.4 Å². The molecule has 2 aromatic carbocycles. The van der Waals surface area contributed by atoms with Crippen LogP contribution in [0.15, 0.2) is 53.2 Å². The Morgan fingerprint density at radius 1 is 0.789 bits per heavy atom. The maximum atomic E-state index is 13.6. The molecule has 6 rings (SSSR count). The van der Waals surface area contributed by atoms with Gasteiger partial charge >= 0.3 is 12.2 Å². The van der Waals surface area contributed by atoms with Crippen molar-refractivity contribution in [1.29, 1.82) is 0 Å². The Hall–Kier alpha value is -6.01. The van der Waals surface area contributed by atoms with Crippen molar-refractivity contribution < 1.29 is 47.4 Å². The average Bonchev–Trinajstić information content (AvgIpc) is 4.08. The maximum absolute atomic E-state index is 13.6. The molecule has 57 heavy (non-hydrogen) atoms. The molecule has 0 radical (unpaired) electrons. The first-order valence-corrected chi connectivity index (χ1v) is 18.7. The fourth-order valence-electron chi connectivity index (χ4n) is 7.28. The molecule has 4 aromatic rings. The minimum Gasteiger partial charge on any atom is -0.453 e. The van der Waals surface area contributed by atoms with Crippen molar-refractivity contribution >= 4 is 46.7 Å². The Balaban J connectivity index is 1.15. The Morgan fingerprint density at radius 2 is 1.37 bits per heavy atom. The summed E-state index contributed by atoms with van der Waals surface area (Å²) in [5.41, 5.74) is 3.86. The molecule has 2 fully saturated rings. The molecule has 6 atom stereocenters. The molecule has 0 saturated carbocycles. The number of nitrogens with one attached hydrogen (secondary N) is 4. The van der Waals surface area contributed by atoms with Gasteiger partial charge in [-0.25, -0.2) is 14.6 Å². The van der Waals surface area contributed by atoms with E-state index < -0.39 is 54.3 Å². The highest BCUT2D eigenvalue weighted by Crippen LogP contribution is 2.34. The molecule has 5 amide bonds. The van der Waals surface area contributed by atoms with Gasteiger partial charge in [-0.05, 0) is 68.4 Å². The molecular formula is C39H48N8O10. The highest BCUT2D eigenvalue weighted by Gasteiger charge is 2.41. The van der Waals surface area contributed by atoms with Crippen molar-refractivity contribution in [3.8, 4) is 22.4 Å². The Labute approximate surface area is 328 Å². The summed E-state index contributed by atoms with van der Waals surface area (Å²) in [7, 11) is 5.35. The van der Waals surface area contributed by atoms with Crippen LogP contribution in [-0.4, -0.2) is 127 Å². The smallest absolute Gasteiger partial charge is 0.407 e. The fourth-order valence-corrected chi connectivity index (χ4v) is 7.28. The molecule has 2 aliphatic rings. The van der Waals surface area contributed by atoms with Crippen LogP contribution >= 0.6 is 0 Å². The summed E-state index contributed by atoms with van der Waals surface area (Å²) in [6.45, 7) is 4.20. The molecule has 2 aromatic heterocycles. The number of hydrogen-bond acceptors (Lipinski definition) is 12. The molecule has 18 heteroatoms. The van der Waals surface area contributed by atoms with Crippen molar-refractivity contribution in [2.75, 3.05) is 46.8 Å². The molecule has 2 saturated heterocycles. The maximum Gasteiger partial charge on any atom is 0.407 e. The lowest BCUT2D eigenvalue weighted by Gasteiger charge is -2.30. The van der Waals surface area contributed by atoms with Gasteiger partial charge in [-0.2, -0.15) is 0 Å². The molecule has 0 aliphatic carbocycles. The number of fused-ring (bicyclic) bond motifs is 1. The number of aromatic amines is 1. The zero-order valence-electron chi connectivity index (χ0n) is 32.7. The second kappa shape index (κ2) is 17.8. The monoisotopic (exact) mass is 788 g/mol. The number of hydrogen-bond donors (Lipinski definition) is 4. The molecule has 4 heterocycles. The second-order valence-electron chi connectivity index (χ2n) is 14.0. The van der Waals surface area contributed by atoms with E-state index in [1.54, 1.807) is 31.0 Å². The Kier molecular flexibility index (Phi) is 12.7.